The van der Waals surface area contributed by atoms with E-state index in [0.29, 0.717) is 18.5 Å². The quantitative estimate of drug-likeness (QED) is 0.797. The third-order valence-corrected chi connectivity index (χ3v) is 3.87. The summed E-state index contributed by atoms with van der Waals surface area (Å²) >= 11 is 0. The Morgan fingerprint density at radius 2 is 1.75 bits per heavy atom. The van der Waals surface area contributed by atoms with Crippen LogP contribution in [0.4, 0.5) is 11.4 Å². The Labute approximate surface area is 142 Å². The standard InChI is InChI=1S/C19H22N2O3/c1-13-5-4-6-17(14(13)2)21-18(22)11-12-20-16-9-7-15(8-10-16)19(23)24-3/h4-10,20H,11-12H2,1-3H3,(H,21,22). The van der Waals surface area contributed by atoms with Crippen molar-refractivity contribution in [1.29, 1.82) is 0 Å². The van der Waals surface area contributed by atoms with Crippen molar-refractivity contribution >= 4 is 23.3 Å². The predicted molar refractivity (Wildman–Crippen MR) is 95.4 cm³/mol. The van der Waals surface area contributed by atoms with Gasteiger partial charge in [-0.3, -0.25) is 4.79 Å². The Hall–Kier alpha value is -2.82. The zero-order valence-corrected chi connectivity index (χ0v) is 14.2. The number of methoxy groups -OCH3 is 1. The van der Waals surface area contributed by atoms with Gasteiger partial charge in [-0.25, -0.2) is 4.79 Å². The van der Waals surface area contributed by atoms with Crippen LogP contribution in [0.3, 0.4) is 0 Å². The number of aryl methyl sites for hydroxylation is 1. The summed E-state index contributed by atoms with van der Waals surface area (Å²) in [6, 6.07) is 12.8. The molecule has 24 heavy (non-hydrogen) atoms. The van der Waals surface area contributed by atoms with Crippen molar-refractivity contribution in [1.82, 2.24) is 0 Å². The first-order valence-electron chi connectivity index (χ1n) is 7.79. The van der Waals surface area contributed by atoms with Gasteiger partial charge in [-0.15, -0.1) is 0 Å². The molecule has 0 bridgehead atoms. The van der Waals surface area contributed by atoms with Crippen LogP contribution in [-0.2, 0) is 9.53 Å². The van der Waals surface area contributed by atoms with Crippen molar-refractivity contribution in [3.05, 3.63) is 59.2 Å². The lowest BCUT2D eigenvalue weighted by atomic mass is 10.1. The van der Waals surface area contributed by atoms with Crippen molar-refractivity contribution < 1.29 is 14.3 Å². The van der Waals surface area contributed by atoms with Crippen LogP contribution < -0.4 is 10.6 Å². The van der Waals surface area contributed by atoms with Crippen molar-refractivity contribution in [3.8, 4) is 0 Å². The number of hydrogen-bond acceptors (Lipinski definition) is 4. The van der Waals surface area contributed by atoms with E-state index in [1.54, 1.807) is 24.3 Å². The van der Waals surface area contributed by atoms with E-state index in [1.807, 2.05) is 32.0 Å². The smallest absolute Gasteiger partial charge is 0.337 e. The van der Waals surface area contributed by atoms with Crippen molar-refractivity contribution in [3.63, 3.8) is 0 Å². The minimum atomic E-state index is -0.366. The van der Waals surface area contributed by atoms with Gasteiger partial charge in [0.05, 0.1) is 12.7 Å². The Bertz CT molecular complexity index is 724. The first kappa shape index (κ1) is 17.5. The fourth-order valence-corrected chi connectivity index (χ4v) is 2.26. The minimum absolute atomic E-state index is 0.0395. The molecule has 0 aliphatic carbocycles. The maximum Gasteiger partial charge on any atom is 0.337 e. The molecule has 0 aliphatic heterocycles. The number of benzene rings is 2. The number of esters is 1. The van der Waals surface area contributed by atoms with Gasteiger partial charge in [0, 0.05) is 24.3 Å². The summed E-state index contributed by atoms with van der Waals surface area (Å²) < 4.78 is 4.65. The van der Waals surface area contributed by atoms with E-state index < -0.39 is 0 Å². The third-order valence-electron chi connectivity index (χ3n) is 3.87. The highest BCUT2D eigenvalue weighted by molar-refractivity contribution is 5.92. The second-order valence-electron chi connectivity index (χ2n) is 5.54. The molecule has 2 N–H and O–H groups in total. The van der Waals surface area contributed by atoms with Crippen LogP contribution in [0.5, 0.6) is 0 Å². The minimum Gasteiger partial charge on any atom is -0.465 e. The Morgan fingerprint density at radius 3 is 2.42 bits per heavy atom. The highest BCUT2D eigenvalue weighted by Gasteiger charge is 2.07. The van der Waals surface area contributed by atoms with E-state index in [4.69, 9.17) is 0 Å². The van der Waals surface area contributed by atoms with Crippen LogP contribution in [0.25, 0.3) is 0 Å². The van der Waals surface area contributed by atoms with Crippen LogP contribution in [0, 0.1) is 13.8 Å². The average molecular weight is 326 g/mol. The number of carbonyl (C=O) groups is 2. The molecule has 0 spiro atoms. The molecule has 0 saturated carbocycles. The first-order chi connectivity index (χ1) is 11.5. The van der Waals surface area contributed by atoms with Crippen molar-refractivity contribution in [2.45, 2.75) is 20.3 Å². The van der Waals surface area contributed by atoms with Crippen LogP contribution in [-0.4, -0.2) is 25.5 Å². The number of ether oxygens (including phenoxy) is 1. The molecule has 2 aromatic rings. The molecule has 0 atom stereocenters. The number of rotatable bonds is 6. The molecule has 5 nitrogen and oxygen atoms in total. The zero-order chi connectivity index (χ0) is 17.5. The SMILES string of the molecule is COC(=O)c1ccc(NCCC(=O)Nc2cccc(C)c2C)cc1. The lowest BCUT2D eigenvalue weighted by Gasteiger charge is -2.11. The number of nitrogens with one attached hydrogen (secondary N) is 2. The van der Waals surface area contributed by atoms with Gasteiger partial charge in [-0.05, 0) is 55.3 Å². The molecule has 1 amide bonds. The number of carbonyl (C=O) groups excluding carboxylic acids is 2. The average Bonchev–Trinajstić information content (AvgIpc) is 2.59. The molecule has 0 radical (unpaired) electrons. The maximum absolute atomic E-state index is 12.0. The summed E-state index contributed by atoms with van der Waals surface area (Å²) in [5.41, 5.74) is 4.43. The second-order valence-corrected chi connectivity index (χ2v) is 5.54. The normalized spacial score (nSPS) is 10.1. The van der Waals surface area contributed by atoms with Crippen LogP contribution >= 0.6 is 0 Å². The molecule has 2 aromatic carbocycles. The van der Waals surface area contributed by atoms with Gasteiger partial charge < -0.3 is 15.4 Å². The van der Waals surface area contributed by atoms with Gasteiger partial charge in [-0.1, -0.05) is 12.1 Å². The lowest BCUT2D eigenvalue weighted by molar-refractivity contribution is -0.115. The molecule has 0 aromatic heterocycles. The molecule has 0 aliphatic rings. The highest BCUT2D eigenvalue weighted by atomic mass is 16.5. The topological polar surface area (TPSA) is 67.4 Å². The largest absolute Gasteiger partial charge is 0.465 e. The first-order valence-corrected chi connectivity index (χ1v) is 7.79. The van der Waals surface area contributed by atoms with E-state index >= 15 is 0 Å². The second kappa shape index (κ2) is 8.15. The van der Waals surface area contributed by atoms with Crippen molar-refractivity contribution in [2.75, 3.05) is 24.3 Å². The van der Waals surface area contributed by atoms with Gasteiger partial charge in [0.2, 0.25) is 5.91 Å². The van der Waals surface area contributed by atoms with Gasteiger partial charge >= 0.3 is 5.97 Å². The molecular weight excluding hydrogens is 304 g/mol. The summed E-state index contributed by atoms with van der Waals surface area (Å²) in [5, 5.41) is 6.09. The molecule has 0 unspecified atom stereocenters. The molecule has 2 rings (SSSR count). The van der Waals surface area contributed by atoms with Gasteiger partial charge in [0.15, 0.2) is 0 Å². The molecule has 126 valence electrons. The monoisotopic (exact) mass is 326 g/mol. The van der Waals surface area contributed by atoms with Crippen molar-refractivity contribution in [2.24, 2.45) is 0 Å². The number of anilines is 2. The van der Waals surface area contributed by atoms with Gasteiger partial charge in [-0.2, -0.15) is 0 Å². The Kier molecular flexibility index (Phi) is 5.95. The summed E-state index contributed by atoms with van der Waals surface area (Å²) in [6.45, 7) is 4.52. The van der Waals surface area contributed by atoms with Crippen LogP contribution in [0.15, 0.2) is 42.5 Å². The molecule has 0 heterocycles. The van der Waals surface area contributed by atoms with E-state index in [1.165, 1.54) is 7.11 Å². The fourth-order valence-electron chi connectivity index (χ4n) is 2.26. The highest BCUT2D eigenvalue weighted by Crippen LogP contribution is 2.18. The van der Waals surface area contributed by atoms with E-state index in [2.05, 4.69) is 15.4 Å². The Balaban J connectivity index is 1.82. The predicted octanol–water partition coefficient (Wildman–Crippen LogP) is 3.53. The molecule has 0 fully saturated rings. The van der Waals surface area contributed by atoms with Crippen LogP contribution in [0.2, 0.25) is 0 Å². The summed E-state index contributed by atoms with van der Waals surface area (Å²) in [6.07, 6.45) is 0.353. The number of hydrogen-bond donors (Lipinski definition) is 2. The fraction of sp³-hybridized carbons (Fsp3) is 0.263. The molecular formula is C19H22N2O3. The van der Waals surface area contributed by atoms with E-state index in [-0.39, 0.29) is 11.9 Å². The third kappa shape index (κ3) is 4.59. The summed E-state index contributed by atoms with van der Waals surface area (Å²) in [5.74, 6) is -0.406. The lowest BCUT2D eigenvalue weighted by Crippen LogP contribution is -2.17. The summed E-state index contributed by atoms with van der Waals surface area (Å²) in [7, 11) is 1.35. The van der Waals surface area contributed by atoms with E-state index in [9.17, 15) is 9.59 Å². The maximum atomic E-state index is 12.0. The van der Waals surface area contributed by atoms with Crippen LogP contribution in [0.1, 0.15) is 27.9 Å². The van der Waals surface area contributed by atoms with Gasteiger partial charge in [0.1, 0.15) is 0 Å². The molecule has 5 heteroatoms. The zero-order valence-electron chi connectivity index (χ0n) is 14.2. The van der Waals surface area contributed by atoms with Gasteiger partial charge in [0.25, 0.3) is 0 Å². The van der Waals surface area contributed by atoms with E-state index in [0.717, 1.165) is 22.5 Å². The molecule has 0 saturated heterocycles. The summed E-state index contributed by atoms with van der Waals surface area (Å²) in [4.78, 5) is 23.4. The Morgan fingerprint density at radius 1 is 1.04 bits per heavy atom. The number of amides is 1.